The fourth-order valence-corrected chi connectivity index (χ4v) is 9.21. The lowest BCUT2D eigenvalue weighted by molar-refractivity contribution is -0.123. The topological polar surface area (TPSA) is 73.8 Å². The van der Waals surface area contributed by atoms with Crippen LogP contribution in [0.4, 0.5) is 5.69 Å². The number of sulfonamides is 1. The molecule has 0 atom stereocenters. The van der Waals surface area contributed by atoms with Gasteiger partial charge in [-0.05, 0) is 88.1 Å². The van der Waals surface area contributed by atoms with Crippen molar-refractivity contribution in [2.45, 2.75) is 41.7 Å². The Hall–Kier alpha value is -1.11. The molecular formula is C28H33Cl3N4O3S3. The number of hydrogen-bond donors (Lipinski definition) is 0. The van der Waals surface area contributed by atoms with Crippen molar-refractivity contribution < 1.29 is 13.2 Å². The Morgan fingerprint density at radius 2 is 1.76 bits per heavy atom. The second-order valence-corrected chi connectivity index (χ2v) is 16.4. The number of rotatable bonds is 9. The van der Waals surface area contributed by atoms with Crippen LogP contribution in [0, 0.1) is 5.92 Å². The third kappa shape index (κ3) is 8.09. The van der Waals surface area contributed by atoms with Gasteiger partial charge in [0.2, 0.25) is 15.9 Å². The van der Waals surface area contributed by atoms with Crippen LogP contribution in [0.15, 0.2) is 40.7 Å². The summed E-state index contributed by atoms with van der Waals surface area (Å²) in [5, 5.41) is 2.10. The maximum absolute atomic E-state index is 13.7. The van der Waals surface area contributed by atoms with Crippen molar-refractivity contribution in [3.63, 3.8) is 0 Å². The number of benzene rings is 2. The van der Waals surface area contributed by atoms with Crippen molar-refractivity contribution >= 4 is 89.7 Å². The first-order chi connectivity index (χ1) is 19.6. The number of likely N-dealkylation sites (tertiary alicyclic amines) is 1. The van der Waals surface area contributed by atoms with E-state index >= 15 is 0 Å². The van der Waals surface area contributed by atoms with E-state index in [1.807, 2.05) is 40.9 Å². The molecule has 2 aliphatic heterocycles. The molecule has 13 heteroatoms. The number of piperidine rings is 2. The zero-order valence-electron chi connectivity index (χ0n) is 22.8. The number of carbonyl (C=O) groups excluding carboxylic acids is 1. The third-order valence-corrected chi connectivity index (χ3v) is 12.5. The Morgan fingerprint density at radius 3 is 2.44 bits per heavy atom. The number of halogens is 3. The highest BCUT2D eigenvalue weighted by Gasteiger charge is 2.32. The Labute approximate surface area is 265 Å². The molecule has 0 spiro atoms. The molecule has 5 rings (SSSR count). The Morgan fingerprint density at radius 1 is 1.02 bits per heavy atom. The fraction of sp³-hybridized carbons (Fsp3) is 0.500. The van der Waals surface area contributed by atoms with Crippen molar-refractivity contribution in [1.29, 1.82) is 0 Å². The number of aromatic nitrogens is 1. The molecule has 0 radical (unpaired) electrons. The number of fused-ring (bicyclic) bond motifs is 1. The van der Waals surface area contributed by atoms with Crippen LogP contribution in [0.25, 0.3) is 10.2 Å². The molecule has 2 saturated heterocycles. The van der Waals surface area contributed by atoms with E-state index in [4.69, 9.17) is 39.8 Å². The van der Waals surface area contributed by atoms with Crippen LogP contribution in [-0.4, -0.2) is 79.3 Å². The highest BCUT2D eigenvalue weighted by molar-refractivity contribution is 8.01. The lowest BCUT2D eigenvalue weighted by Crippen LogP contribution is -2.45. The van der Waals surface area contributed by atoms with Crippen LogP contribution in [0.5, 0.6) is 0 Å². The van der Waals surface area contributed by atoms with Crippen LogP contribution in [0.3, 0.4) is 0 Å². The average Bonchev–Trinajstić information content (AvgIpc) is 3.34. The standard InChI is InChI=1S/C28H33Cl3N4O3S3/c1-41(37,38)34-15-7-19(8-16-34)27(36)35(21-4-5-23(30)24(31)18-21)12-2-11-33-13-9-22(10-14-33)39-28-32-25-17-20(29)3-6-26(25)40-28/h3-6,17-19,22H,2,7-16H2,1H3. The number of hydrogen-bond acceptors (Lipinski definition) is 7. The number of carbonyl (C=O) groups is 1. The van der Waals surface area contributed by atoms with Gasteiger partial charge in [-0.2, -0.15) is 0 Å². The van der Waals surface area contributed by atoms with E-state index in [1.54, 1.807) is 23.5 Å². The second kappa shape index (κ2) is 13.7. The molecule has 222 valence electrons. The molecular weight excluding hydrogens is 643 g/mol. The molecule has 7 nitrogen and oxygen atoms in total. The molecule has 0 saturated carbocycles. The molecule has 3 aromatic rings. The van der Waals surface area contributed by atoms with Crippen molar-refractivity contribution in [2.24, 2.45) is 5.92 Å². The van der Waals surface area contributed by atoms with E-state index in [0.29, 0.717) is 52.8 Å². The lowest BCUT2D eigenvalue weighted by atomic mass is 9.96. The molecule has 2 fully saturated rings. The summed E-state index contributed by atoms with van der Waals surface area (Å²) >= 11 is 22.2. The largest absolute Gasteiger partial charge is 0.312 e. The van der Waals surface area contributed by atoms with Gasteiger partial charge in [0.25, 0.3) is 0 Å². The number of thiazole rings is 1. The Balaban J connectivity index is 1.15. The molecule has 2 aliphatic rings. The summed E-state index contributed by atoms with van der Waals surface area (Å²) < 4.78 is 27.6. The van der Waals surface area contributed by atoms with E-state index in [0.717, 1.165) is 59.1 Å². The molecule has 0 aliphatic carbocycles. The molecule has 1 aromatic heterocycles. The van der Waals surface area contributed by atoms with Gasteiger partial charge in [0.15, 0.2) is 4.34 Å². The molecule has 41 heavy (non-hydrogen) atoms. The monoisotopic (exact) mass is 674 g/mol. The maximum atomic E-state index is 13.7. The van der Waals surface area contributed by atoms with Gasteiger partial charge in [0.1, 0.15) is 0 Å². The van der Waals surface area contributed by atoms with Gasteiger partial charge in [0, 0.05) is 41.5 Å². The normalized spacial score (nSPS) is 18.2. The molecule has 0 bridgehead atoms. The van der Waals surface area contributed by atoms with Crippen molar-refractivity contribution in [1.82, 2.24) is 14.2 Å². The maximum Gasteiger partial charge on any atom is 0.230 e. The Bertz CT molecular complexity index is 1490. The van der Waals surface area contributed by atoms with Crippen molar-refractivity contribution in [3.05, 3.63) is 51.5 Å². The van der Waals surface area contributed by atoms with Gasteiger partial charge < -0.3 is 9.80 Å². The van der Waals surface area contributed by atoms with E-state index in [1.165, 1.54) is 10.6 Å². The van der Waals surface area contributed by atoms with Gasteiger partial charge in [-0.1, -0.05) is 46.6 Å². The summed E-state index contributed by atoms with van der Waals surface area (Å²) in [4.78, 5) is 22.7. The first-order valence-electron chi connectivity index (χ1n) is 13.7. The quantitative estimate of drug-likeness (QED) is 0.246. The predicted molar refractivity (Wildman–Crippen MR) is 173 cm³/mol. The highest BCUT2D eigenvalue weighted by Crippen LogP contribution is 2.36. The van der Waals surface area contributed by atoms with E-state index in [2.05, 4.69) is 4.90 Å². The van der Waals surface area contributed by atoms with Crippen LogP contribution in [0.2, 0.25) is 15.1 Å². The SMILES string of the molecule is CS(=O)(=O)N1CCC(C(=O)N(CCCN2CCC(Sc3nc4cc(Cl)ccc4s3)CC2)c2ccc(Cl)c(Cl)c2)CC1. The minimum Gasteiger partial charge on any atom is -0.312 e. The van der Waals surface area contributed by atoms with Crippen molar-refractivity contribution in [2.75, 3.05) is 50.4 Å². The smallest absolute Gasteiger partial charge is 0.230 e. The third-order valence-electron chi connectivity index (χ3n) is 7.74. The number of nitrogens with zero attached hydrogens (tertiary/aromatic N) is 4. The van der Waals surface area contributed by atoms with E-state index < -0.39 is 10.0 Å². The zero-order chi connectivity index (χ0) is 29.1. The van der Waals surface area contributed by atoms with Crippen molar-refractivity contribution in [3.8, 4) is 0 Å². The van der Waals surface area contributed by atoms with Gasteiger partial charge in [0.05, 0.1) is 26.5 Å². The van der Waals surface area contributed by atoms with Crippen LogP contribution < -0.4 is 4.90 Å². The van der Waals surface area contributed by atoms with Crippen LogP contribution in [0.1, 0.15) is 32.1 Å². The molecule has 3 heterocycles. The highest BCUT2D eigenvalue weighted by atomic mass is 35.5. The summed E-state index contributed by atoms with van der Waals surface area (Å²) in [5.74, 6) is -0.211. The zero-order valence-corrected chi connectivity index (χ0v) is 27.5. The van der Waals surface area contributed by atoms with E-state index in [-0.39, 0.29) is 11.8 Å². The molecule has 0 unspecified atom stereocenters. The molecule has 2 aromatic carbocycles. The molecule has 0 N–H and O–H groups in total. The summed E-state index contributed by atoms with van der Waals surface area (Å²) in [6, 6.07) is 11.2. The van der Waals surface area contributed by atoms with E-state index in [9.17, 15) is 13.2 Å². The van der Waals surface area contributed by atoms with Gasteiger partial charge >= 0.3 is 0 Å². The number of amides is 1. The minimum absolute atomic E-state index is 0.0174. The number of thioether (sulfide) groups is 1. The second-order valence-electron chi connectivity index (χ2n) is 10.6. The fourth-order valence-electron chi connectivity index (χ4n) is 5.45. The lowest BCUT2D eigenvalue weighted by Gasteiger charge is -2.34. The predicted octanol–water partition coefficient (Wildman–Crippen LogP) is 6.91. The number of anilines is 1. The first kappa shape index (κ1) is 31.3. The minimum atomic E-state index is -3.25. The van der Waals surface area contributed by atoms with Gasteiger partial charge in [-0.3, -0.25) is 4.79 Å². The summed E-state index contributed by atoms with van der Waals surface area (Å²) in [6.45, 7) is 4.21. The van der Waals surface area contributed by atoms with Gasteiger partial charge in [-0.25, -0.2) is 17.7 Å². The first-order valence-corrected chi connectivity index (χ1v) is 18.4. The van der Waals surface area contributed by atoms with Gasteiger partial charge in [-0.15, -0.1) is 11.3 Å². The summed E-state index contributed by atoms with van der Waals surface area (Å²) in [6.07, 6.45) is 5.25. The van der Waals surface area contributed by atoms with Crippen LogP contribution >= 0.6 is 57.9 Å². The van der Waals surface area contributed by atoms with Crippen LogP contribution in [-0.2, 0) is 14.8 Å². The molecule has 1 amide bonds. The average molecular weight is 676 g/mol. The summed E-state index contributed by atoms with van der Waals surface area (Å²) in [5.41, 5.74) is 1.69. The summed E-state index contributed by atoms with van der Waals surface area (Å²) in [7, 11) is -3.25. The Kier molecular flexibility index (Phi) is 10.4.